The predicted octanol–water partition coefficient (Wildman–Crippen LogP) is 4.41. The van der Waals surface area contributed by atoms with Crippen molar-refractivity contribution in [3.8, 4) is 6.07 Å². The van der Waals surface area contributed by atoms with Crippen LogP contribution in [0.4, 0.5) is 0 Å². The lowest BCUT2D eigenvalue weighted by molar-refractivity contribution is -0.130. The van der Waals surface area contributed by atoms with Crippen molar-refractivity contribution in [2.45, 2.75) is 54.1 Å². The summed E-state index contributed by atoms with van der Waals surface area (Å²) in [6.07, 6.45) is 0.921. The molecule has 0 bridgehead atoms. The molecule has 4 rings (SSSR count). The Morgan fingerprint density at radius 2 is 1.88 bits per heavy atom. The first-order valence-electron chi connectivity index (χ1n) is 10.3. The molecule has 0 heterocycles. The van der Waals surface area contributed by atoms with Crippen molar-refractivity contribution in [3.05, 3.63) is 63.6 Å². The van der Waals surface area contributed by atoms with Gasteiger partial charge in [0.25, 0.3) is 0 Å². The average molecular weight is 538 g/mol. The van der Waals surface area contributed by atoms with E-state index >= 15 is 0 Å². The van der Waals surface area contributed by atoms with E-state index in [1.807, 2.05) is 24.3 Å². The molecule has 2 saturated carbocycles. The van der Waals surface area contributed by atoms with E-state index in [1.54, 1.807) is 18.2 Å². The number of hydrogen-bond donors (Lipinski definition) is 1. The predicted molar refractivity (Wildman–Crippen MR) is 124 cm³/mol. The molecule has 6 nitrogen and oxygen atoms in total. The van der Waals surface area contributed by atoms with Crippen LogP contribution >= 0.6 is 27.5 Å². The Balaban J connectivity index is 1.55. The van der Waals surface area contributed by atoms with Crippen LogP contribution in [0.15, 0.2) is 57.9 Å². The molecule has 2 aliphatic carbocycles. The van der Waals surface area contributed by atoms with Gasteiger partial charge in [-0.15, -0.1) is 0 Å². The molecule has 0 saturated heterocycles. The van der Waals surface area contributed by atoms with E-state index in [-0.39, 0.29) is 35.3 Å². The van der Waals surface area contributed by atoms with Gasteiger partial charge in [-0.3, -0.25) is 4.79 Å². The minimum atomic E-state index is -3.75. The Morgan fingerprint density at radius 3 is 2.50 bits per heavy atom. The second-order valence-electron chi connectivity index (χ2n) is 8.33. The highest BCUT2D eigenvalue weighted by Crippen LogP contribution is 2.40. The number of rotatable bonds is 7. The summed E-state index contributed by atoms with van der Waals surface area (Å²) in [5, 5.41) is 11.5. The molecule has 0 unspecified atom stereocenters. The Labute approximate surface area is 201 Å². The largest absolute Gasteiger partial charge is 0.373 e. The van der Waals surface area contributed by atoms with Crippen LogP contribution < -0.4 is 5.32 Å². The molecule has 0 spiro atoms. The van der Waals surface area contributed by atoms with Crippen molar-refractivity contribution in [1.82, 2.24) is 5.32 Å². The lowest BCUT2D eigenvalue weighted by Crippen LogP contribution is -2.42. The van der Waals surface area contributed by atoms with Crippen LogP contribution in [-0.4, -0.2) is 31.2 Å². The van der Waals surface area contributed by atoms with Gasteiger partial charge in [0.2, 0.25) is 5.91 Å². The topological polar surface area (TPSA) is 96.3 Å². The fourth-order valence-corrected chi connectivity index (χ4v) is 6.62. The molecular formula is C23H22BrClN2O4S. The summed E-state index contributed by atoms with van der Waals surface area (Å²) in [5.41, 5.74) is 0.0907. The number of sulfone groups is 1. The molecule has 9 heteroatoms. The van der Waals surface area contributed by atoms with Crippen LogP contribution in [0.5, 0.6) is 0 Å². The molecule has 0 aliphatic heterocycles. The maximum absolute atomic E-state index is 13.3. The third-order valence-electron chi connectivity index (χ3n) is 6.08. The van der Waals surface area contributed by atoms with Gasteiger partial charge in [0, 0.05) is 4.47 Å². The molecule has 3 atom stereocenters. The Kier molecular flexibility index (Phi) is 6.64. The molecule has 0 aromatic heterocycles. The number of ether oxygens (including phenoxy) is 1. The molecule has 0 radical (unpaired) electrons. The number of halogens is 2. The van der Waals surface area contributed by atoms with Crippen LogP contribution in [0, 0.1) is 17.2 Å². The zero-order valence-electron chi connectivity index (χ0n) is 17.1. The van der Waals surface area contributed by atoms with Gasteiger partial charge in [-0.25, -0.2) is 8.42 Å². The van der Waals surface area contributed by atoms with E-state index in [0.717, 1.165) is 10.0 Å². The number of benzene rings is 2. The lowest BCUT2D eigenvalue weighted by atomic mass is 10.0. The fourth-order valence-electron chi connectivity index (χ4n) is 4.03. The number of carbonyl (C=O) groups is 1. The highest BCUT2D eigenvalue weighted by Gasteiger charge is 2.50. The lowest BCUT2D eigenvalue weighted by Gasteiger charge is -2.21. The van der Waals surface area contributed by atoms with Gasteiger partial charge in [-0.05, 0) is 55.5 Å². The standard InChI is InChI=1S/C23H22BrClN2O4S/c24-16-7-5-15(6-8-16)13-31-20-12-17(32(29,30)21-4-2-1-3-19(21)25)11-18(20)22(28)27-23(14-26)9-10-23/h1-8,17-18,20H,9-13H2,(H,27,28)/t17-,18-,20-/m1/s1. The van der Waals surface area contributed by atoms with Gasteiger partial charge < -0.3 is 10.1 Å². The van der Waals surface area contributed by atoms with Crippen molar-refractivity contribution >= 4 is 43.3 Å². The number of nitrogens with zero attached hydrogens (tertiary/aromatic N) is 1. The Hall–Kier alpha value is -1.92. The number of hydrogen-bond acceptors (Lipinski definition) is 5. The molecule has 1 amide bonds. The molecule has 2 aliphatic rings. The summed E-state index contributed by atoms with van der Waals surface area (Å²) < 4.78 is 33.6. The van der Waals surface area contributed by atoms with Crippen LogP contribution in [0.1, 0.15) is 31.2 Å². The number of nitriles is 1. The highest BCUT2D eigenvalue weighted by atomic mass is 79.9. The fraction of sp³-hybridized carbons (Fsp3) is 0.391. The zero-order chi connectivity index (χ0) is 22.9. The highest BCUT2D eigenvalue weighted by molar-refractivity contribution is 9.10. The van der Waals surface area contributed by atoms with Crippen molar-refractivity contribution in [2.24, 2.45) is 5.92 Å². The monoisotopic (exact) mass is 536 g/mol. The van der Waals surface area contributed by atoms with E-state index in [0.29, 0.717) is 12.8 Å². The van der Waals surface area contributed by atoms with Gasteiger partial charge >= 0.3 is 0 Å². The maximum Gasteiger partial charge on any atom is 0.227 e. The van der Waals surface area contributed by atoms with E-state index in [4.69, 9.17) is 16.3 Å². The van der Waals surface area contributed by atoms with Crippen LogP contribution in [-0.2, 0) is 26.0 Å². The summed E-state index contributed by atoms with van der Waals surface area (Å²) in [6.45, 7) is 0.254. The van der Waals surface area contributed by atoms with Crippen molar-refractivity contribution in [2.75, 3.05) is 0 Å². The van der Waals surface area contributed by atoms with Gasteiger partial charge in [0.1, 0.15) is 5.54 Å². The zero-order valence-corrected chi connectivity index (χ0v) is 20.3. The smallest absolute Gasteiger partial charge is 0.227 e. The number of nitrogens with one attached hydrogen (secondary N) is 1. The maximum atomic E-state index is 13.3. The van der Waals surface area contributed by atoms with E-state index in [2.05, 4.69) is 27.3 Å². The summed E-state index contributed by atoms with van der Waals surface area (Å²) in [5.74, 6) is -1.000. The number of amides is 1. The summed E-state index contributed by atoms with van der Waals surface area (Å²) in [7, 11) is -3.75. The Bertz CT molecular complexity index is 1160. The first kappa shape index (κ1) is 23.2. The molecule has 2 aromatic rings. The average Bonchev–Trinajstić information content (AvgIpc) is 3.40. The summed E-state index contributed by atoms with van der Waals surface area (Å²) in [6, 6.07) is 16.1. The molecule has 32 heavy (non-hydrogen) atoms. The molecule has 1 N–H and O–H groups in total. The van der Waals surface area contributed by atoms with Crippen LogP contribution in [0.25, 0.3) is 0 Å². The van der Waals surface area contributed by atoms with Crippen molar-refractivity contribution < 1.29 is 17.9 Å². The van der Waals surface area contributed by atoms with Crippen LogP contribution in [0.3, 0.4) is 0 Å². The third-order valence-corrected chi connectivity index (χ3v) is 9.29. The Morgan fingerprint density at radius 1 is 1.19 bits per heavy atom. The molecule has 2 fully saturated rings. The third kappa shape index (κ3) is 4.86. The quantitative estimate of drug-likeness (QED) is 0.564. The SMILES string of the molecule is N#CC1(NC(=O)[C@@H]2C[C@@H](S(=O)(=O)c3ccccc3Cl)C[C@H]2OCc2ccc(Br)cc2)CC1. The first-order valence-corrected chi connectivity index (χ1v) is 13.0. The van der Waals surface area contributed by atoms with E-state index in [9.17, 15) is 18.5 Å². The van der Waals surface area contributed by atoms with Gasteiger partial charge in [0.15, 0.2) is 9.84 Å². The second kappa shape index (κ2) is 9.14. The minimum Gasteiger partial charge on any atom is -0.373 e. The molecule has 168 valence electrons. The van der Waals surface area contributed by atoms with E-state index < -0.39 is 32.6 Å². The summed E-state index contributed by atoms with van der Waals surface area (Å²) in [4.78, 5) is 13.1. The minimum absolute atomic E-state index is 0.0649. The van der Waals surface area contributed by atoms with Crippen LogP contribution in [0.2, 0.25) is 5.02 Å². The second-order valence-corrected chi connectivity index (χ2v) is 11.9. The van der Waals surface area contributed by atoms with Crippen molar-refractivity contribution in [1.29, 1.82) is 5.26 Å². The van der Waals surface area contributed by atoms with Gasteiger partial charge in [-0.2, -0.15) is 5.26 Å². The number of carbonyl (C=O) groups excluding carboxylic acids is 1. The normalized spacial score (nSPS) is 24.0. The first-order chi connectivity index (χ1) is 15.2. The molecular weight excluding hydrogens is 516 g/mol. The van der Waals surface area contributed by atoms with E-state index in [1.165, 1.54) is 6.07 Å². The summed E-state index contributed by atoms with van der Waals surface area (Å²) >= 11 is 9.55. The van der Waals surface area contributed by atoms with Crippen molar-refractivity contribution in [3.63, 3.8) is 0 Å². The molecule has 2 aromatic carbocycles. The van der Waals surface area contributed by atoms with Gasteiger partial charge in [0.05, 0.1) is 39.9 Å². The van der Waals surface area contributed by atoms with Gasteiger partial charge in [-0.1, -0.05) is 51.8 Å².